The molecule has 0 spiro atoms. The van der Waals surface area contributed by atoms with Crippen LogP contribution in [0.1, 0.15) is 19.8 Å². The molecule has 2 aliphatic rings. The fraction of sp³-hybridized carbons (Fsp3) is 0.929. The van der Waals surface area contributed by atoms with E-state index in [1.54, 1.807) is 0 Å². The second kappa shape index (κ2) is 8.27. The third-order valence-electron chi connectivity index (χ3n) is 4.49. The maximum atomic E-state index is 12.0. The van der Waals surface area contributed by atoms with Crippen LogP contribution in [0.25, 0.3) is 0 Å². The molecule has 0 bridgehead atoms. The van der Waals surface area contributed by atoms with Crippen LogP contribution in [-0.4, -0.2) is 87.9 Å². The lowest BCUT2D eigenvalue weighted by Gasteiger charge is -2.33. The van der Waals surface area contributed by atoms with Crippen molar-refractivity contribution in [3.63, 3.8) is 0 Å². The van der Waals surface area contributed by atoms with Crippen molar-refractivity contribution in [2.45, 2.75) is 31.8 Å². The summed E-state index contributed by atoms with van der Waals surface area (Å²) in [6, 6.07) is 0.131. The molecule has 2 heterocycles. The molecule has 2 fully saturated rings. The van der Waals surface area contributed by atoms with Gasteiger partial charge in [-0.05, 0) is 19.8 Å². The lowest BCUT2D eigenvalue weighted by Crippen LogP contribution is -2.52. The molecular formula is C14H28N4O4S. The van der Waals surface area contributed by atoms with Crippen LogP contribution < -0.4 is 10.6 Å². The van der Waals surface area contributed by atoms with Crippen molar-refractivity contribution in [3.05, 3.63) is 0 Å². The lowest BCUT2D eigenvalue weighted by atomic mass is 10.1. The summed E-state index contributed by atoms with van der Waals surface area (Å²) in [6.45, 7) is 6.90. The van der Waals surface area contributed by atoms with E-state index in [9.17, 15) is 13.2 Å². The van der Waals surface area contributed by atoms with Gasteiger partial charge in [0.15, 0.2) is 0 Å². The number of morpholine rings is 1. The molecule has 2 rings (SSSR count). The molecule has 2 amide bonds. The van der Waals surface area contributed by atoms with Gasteiger partial charge < -0.3 is 15.4 Å². The molecule has 0 saturated carbocycles. The zero-order valence-electron chi connectivity index (χ0n) is 14.0. The van der Waals surface area contributed by atoms with Gasteiger partial charge in [0.2, 0.25) is 10.0 Å². The van der Waals surface area contributed by atoms with Crippen LogP contribution in [0.2, 0.25) is 0 Å². The van der Waals surface area contributed by atoms with E-state index in [1.807, 2.05) is 0 Å². The first kappa shape index (κ1) is 18.4. The van der Waals surface area contributed by atoms with Gasteiger partial charge in [-0.25, -0.2) is 17.5 Å². The molecule has 9 heteroatoms. The number of nitrogens with zero attached hydrogens (tertiary/aromatic N) is 2. The second-order valence-corrected chi connectivity index (χ2v) is 8.27. The molecular weight excluding hydrogens is 320 g/mol. The highest BCUT2D eigenvalue weighted by atomic mass is 32.2. The Labute approximate surface area is 138 Å². The van der Waals surface area contributed by atoms with Crippen molar-refractivity contribution in [2.75, 3.05) is 52.2 Å². The molecule has 1 atom stereocenters. The molecule has 0 aromatic heterocycles. The number of ether oxygens (including phenoxy) is 1. The summed E-state index contributed by atoms with van der Waals surface area (Å²) < 4.78 is 29.7. The fourth-order valence-corrected chi connectivity index (χ4v) is 3.83. The van der Waals surface area contributed by atoms with Crippen molar-refractivity contribution < 1.29 is 17.9 Å². The standard InChI is InChI=1S/C14H28N4O4S/c1-12(17-7-9-22-10-8-17)11-15-14(19)16-13-3-5-18(6-4-13)23(2,20)21/h12-13H,3-11H2,1-2H3,(H2,15,16,19). The minimum absolute atomic E-state index is 0.0340. The maximum absolute atomic E-state index is 12.0. The quantitative estimate of drug-likeness (QED) is 0.694. The van der Waals surface area contributed by atoms with Gasteiger partial charge in [-0.1, -0.05) is 0 Å². The van der Waals surface area contributed by atoms with Gasteiger partial charge in [0.05, 0.1) is 19.5 Å². The Morgan fingerprint density at radius 1 is 1.22 bits per heavy atom. The summed E-state index contributed by atoms with van der Waals surface area (Å²) in [5, 5.41) is 5.84. The number of hydrogen-bond donors (Lipinski definition) is 2. The van der Waals surface area contributed by atoms with Crippen molar-refractivity contribution >= 4 is 16.1 Å². The summed E-state index contributed by atoms with van der Waals surface area (Å²) in [5.41, 5.74) is 0. The van der Waals surface area contributed by atoms with E-state index in [0.29, 0.717) is 32.5 Å². The van der Waals surface area contributed by atoms with Gasteiger partial charge in [0.1, 0.15) is 0 Å². The molecule has 0 aromatic rings. The topological polar surface area (TPSA) is 91.0 Å². The zero-order chi connectivity index (χ0) is 16.9. The molecule has 1 unspecified atom stereocenters. The van der Waals surface area contributed by atoms with Gasteiger partial charge >= 0.3 is 6.03 Å². The smallest absolute Gasteiger partial charge is 0.315 e. The predicted molar refractivity (Wildman–Crippen MR) is 87.8 cm³/mol. The van der Waals surface area contributed by atoms with Crippen LogP contribution in [0.3, 0.4) is 0 Å². The van der Waals surface area contributed by atoms with Crippen LogP contribution >= 0.6 is 0 Å². The summed E-state index contributed by atoms with van der Waals surface area (Å²) in [6.07, 6.45) is 2.53. The third kappa shape index (κ3) is 5.91. The van der Waals surface area contributed by atoms with Gasteiger partial charge in [-0.15, -0.1) is 0 Å². The predicted octanol–water partition coefficient (Wildman–Crippen LogP) is -0.570. The number of sulfonamides is 1. The van der Waals surface area contributed by atoms with Crippen LogP contribution in [0.15, 0.2) is 0 Å². The van der Waals surface area contributed by atoms with Gasteiger partial charge in [0.25, 0.3) is 0 Å². The first-order chi connectivity index (χ1) is 10.9. The lowest BCUT2D eigenvalue weighted by molar-refractivity contribution is 0.0209. The molecule has 2 aliphatic heterocycles. The third-order valence-corrected chi connectivity index (χ3v) is 5.79. The SMILES string of the molecule is CC(CNC(=O)NC1CCN(S(C)(=O)=O)CC1)N1CCOCC1. The van der Waals surface area contributed by atoms with Gasteiger partial charge in [-0.2, -0.15) is 0 Å². The molecule has 0 radical (unpaired) electrons. The summed E-state index contributed by atoms with van der Waals surface area (Å²) >= 11 is 0. The monoisotopic (exact) mass is 348 g/mol. The van der Waals surface area contributed by atoms with E-state index >= 15 is 0 Å². The summed E-state index contributed by atoms with van der Waals surface area (Å²) in [7, 11) is -3.12. The van der Waals surface area contributed by atoms with Crippen molar-refractivity contribution in [1.82, 2.24) is 19.8 Å². The van der Waals surface area contributed by atoms with E-state index in [2.05, 4.69) is 22.5 Å². The summed E-state index contributed by atoms with van der Waals surface area (Å²) in [4.78, 5) is 14.3. The molecule has 134 valence electrons. The molecule has 23 heavy (non-hydrogen) atoms. The Morgan fingerprint density at radius 2 is 1.83 bits per heavy atom. The Kier molecular flexibility index (Phi) is 6.63. The van der Waals surface area contributed by atoms with Gasteiger partial charge in [-0.3, -0.25) is 4.90 Å². The minimum Gasteiger partial charge on any atom is -0.379 e. The van der Waals surface area contributed by atoms with Crippen LogP contribution in [0.4, 0.5) is 4.79 Å². The van der Waals surface area contributed by atoms with Crippen LogP contribution in [0, 0.1) is 0 Å². The van der Waals surface area contributed by atoms with E-state index in [1.165, 1.54) is 10.6 Å². The second-order valence-electron chi connectivity index (χ2n) is 6.29. The van der Waals surface area contributed by atoms with Crippen molar-refractivity contribution in [1.29, 1.82) is 0 Å². The highest BCUT2D eigenvalue weighted by Gasteiger charge is 2.26. The first-order valence-corrected chi connectivity index (χ1v) is 10.0. The molecule has 2 N–H and O–H groups in total. The number of urea groups is 1. The Morgan fingerprint density at radius 3 is 2.39 bits per heavy atom. The number of carbonyl (C=O) groups excluding carboxylic acids is 1. The van der Waals surface area contributed by atoms with E-state index in [4.69, 9.17) is 4.74 Å². The number of piperidine rings is 1. The molecule has 0 aromatic carbocycles. The number of amides is 2. The Balaban J connectivity index is 1.65. The average Bonchev–Trinajstić information content (AvgIpc) is 2.53. The largest absolute Gasteiger partial charge is 0.379 e. The normalized spacial score (nSPS) is 23.4. The number of hydrogen-bond acceptors (Lipinski definition) is 5. The van der Waals surface area contributed by atoms with Crippen LogP contribution in [-0.2, 0) is 14.8 Å². The first-order valence-electron chi connectivity index (χ1n) is 8.17. The highest BCUT2D eigenvalue weighted by Crippen LogP contribution is 2.13. The number of carbonyl (C=O) groups is 1. The van der Waals surface area contributed by atoms with Crippen molar-refractivity contribution in [2.24, 2.45) is 0 Å². The Bertz CT molecular complexity index is 485. The Hall–Kier alpha value is -0.900. The van der Waals surface area contributed by atoms with Crippen LogP contribution in [0.5, 0.6) is 0 Å². The minimum atomic E-state index is -3.12. The fourth-order valence-electron chi connectivity index (χ4n) is 2.96. The van der Waals surface area contributed by atoms with Gasteiger partial charge in [0, 0.05) is 44.8 Å². The van der Waals surface area contributed by atoms with Crippen molar-refractivity contribution in [3.8, 4) is 0 Å². The van der Waals surface area contributed by atoms with E-state index in [0.717, 1.165) is 26.3 Å². The molecule has 8 nitrogen and oxygen atoms in total. The molecule has 0 aliphatic carbocycles. The maximum Gasteiger partial charge on any atom is 0.315 e. The zero-order valence-corrected chi connectivity index (χ0v) is 14.8. The van der Waals surface area contributed by atoms with E-state index < -0.39 is 10.0 Å². The molecule has 2 saturated heterocycles. The van der Waals surface area contributed by atoms with E-state index in [-0.39, 0.29) is 18.1 Å². The highest BCUT2D eigenvalue weighted by molar-refractivity contribution is 7.88. The average molecular weight is 348 g/mol. The number of nitrogens with one attached hydrogen (secondary N) is 2. The summed E-state index contributed by atoms with van der Waals surface area (Å²) in [5.74, 6) is 0. The number of rotatable bonds is 5.